The first-order valence-corrected chi connectivity index (χ1v) is 10.1. The molecule has 0 aromatic heterocycles. The first-order valence-electron chi connectivity index (χ1n) is 9.34. The van der Waals surface area contributed by atoms with E-state index >= 15 is 0 Å². The molecule has 0 bridgehead atoms. The largest absolute Gasteiger partial charge is 0.353 e. The van der Waals surface area contributed by atoms with Crippen molar-refractivity contribution in [3.05, 3.63) is 69.7 Å². The Morgan fingerprint density at radius 3 is 2.28 bits per heavy atom. The van der Waals surface area contributed by atoms with Crippen LogP contribution in [-0.2, 0) is 4.79 Å². The van der Waals surface area contributed by atoms with E-state index in [1.54, 1.807) is 47.4 Å². The number of hydrogen-bond acceptors (Lipinski definition) is 3. The number of likely N-dealkylation sites (tertiary alicyclic amines) is 1. The minimum atomic E-state index is -0.551. The summed E-state index contributed by atoms with van der Waals surface area (Å²) in [5, 5.41) is 6.29. The van der Waals surface area contributed by atoms with Gasteiger partial charge in [-0.2, -0.15) is 0 Å². The van der Waals surface area contributed by atoms with Crippen LogP contribution in [-0.4, -0.2) is 48.3 Å². The number of rotatable bonds is 6. The van der Waals surface area contributed by atoms with Crippen LogP contribution in [0.2, 0.25) is 10.0 Å². The zero-order valence-corrected chi connectivity index (χ0v) is 17.2. The topological polar surface area (TPSA) is 78.5 Å². The lowest BCUT2D eigenvalue weighted by atomic mass is 10.1. The number of nitrogens with zero attached hydrogens (tertiary/aromatic N) is 1. The van der Waals surface area contributed by atoms with Crippen molar-refractivity contribution in [1.29, 1.82) is 0 Å². The quantitative estimate of drug-likeness (QED) is 0.686. The van der Waals surface area contributed by atoms with Gasteiger partial charge < -0.3 is 15.5 Å². The monoisotopic (exact) mass is 433 g/mol. The Hall–Kier alpha value is -2.57. The van der Waals surface area contributed by atoms with Crippen molar-refractivity contribution in [2.45, 2.75) is 18.9 Å². The summed E-state index contributed by atoms with van der Waals surface area (Å²) in [7, 11) is 0. The van der Waals surface area contributed by atoms with Gasteiger partial charge in [-0.15, -0.1) is 0 Å². The Labute approximate surface area is 179 Å². The first-order chi connectivity index (χ1) is 14.0. The van der Waals surface area contributed by atoms with Crippen molar-refractivity contribution in [1.82, 2.24) is 15.5 Å². The third-order valence-electron chi connectivity index (χ3n) is 4.67. The predicted molar refractivity (Wildman–Crippen MR) is 112 cm³/mol. The highest BCUT2D eigenvalue weighted by Crippen LogP contribution is 2.24. The van der Waals surface area contributed by atoms with Gasteiger partial charge in [0.05, 0.1) is 0 Å². The highest BCUT2D eigenvalue weighted by molar-refractivity contribution is 6.35. The molecule has 3 rings (SSSR count). The fraction of sp³-hybridized carbons (Fsp3) is 0.286. The summed E-state index contributed by atoms with van der Waals surface area (Å²) >= 11 is 12.0. The summed E-state index contributed by atoms with van der Waals surface area (Å²) in [5.41, 5.74) is 0.920. The number of amides is 3. The van der Waals surface area contributed by atoms with E-state index in [2.05, 4.69) is 10.6 Å². The molecule has 8 heteroatoms. The normalized spacial score (nSPS) is 15.8. The minimum absolute atomic E-state index is 0.199. The van der Waals surface area contributed by atoms with Gasteiger partial charge in [-0.25, -0.2) is 0 Å². The lowest BCUT2D eigenvalue weighted by Crippen LogP contribution is -2.47. The molecule has 2 aromatic carbocycles. The number of nitrogens with one attached hydrogen (secondary N) is 2. The molecule has 1 atom stereocenters. The summed E-state index contributed by atoms with van der Waals surface area (Å²) in [4.78, 5) is 38.9. The summed E-state index contributed by atoms with van der Waals surface area (Å²) in [5.74, 6) is -0.710. The van der Waals surface area contributed by atoms with Crippen LogP contribution in [0.25, 0.3) is 0 Å². The van der Waals surface area contributed by atoms with Gasteiger partial charge in [0.2, 0.25) is 5.91 Å². The zero-order valence-electron chi connectivity index (χ0n) is 15.7. The fourth-order valence-electron chi connectivity index (χ4n) is 3.30. The Bertz CT molecular complexity index is 885. The summed E-state index contributed by atoms with van der Waals surface area (Å²) in [6.45, 7) is 1.06. The molecule has 0 saturated carbocycles. The molecule has 29 heavy (non-hydrogen) atoms. The molecule has 1 saturated heterocycles. The molecule has 0 aliphatic carbocycles. The minimum Gasteiger partial charge on any atom is -0.353 e. The van der Waals surface area contributed by atoms with Crippen LogP contribution in [0.1, 0.15) is 33.6 Å². The molecule has 1 aliphatic heterocycles. The molecule has 2 N–H and O–H groups in total. The second kappa shape index (κ2) is 9.76. The molecule has 6 nitrogen and oxygen atoms in total. The van der Waals surface area contributed by atoms with Gasteiger partial charge in [0.15, 0.2) is 0 Å². The van der Waals surface area contributed by atoms with Gasteiger partial charge in [0, 0.05) is 40.8 Å². The highest BCUT2D eigenvalue weighted by Gasteiger charge is 2.34. The van der Waals surface area contributed by atoms with Crippen LogP contribution in [0.15, 0.2) is 48.5 Å². The standard InChI is InChI=1S/C21H21Cl2N3O3/c22-16-11-15(12-17(23)13-16)21(29)26-10-4-7-18(26)20(28)25-9-8-24-19(27)14-5-2-1-3-6-14/h1-3,5-6,11-13,18H,4,7-10H2,(H,24,27)(H,25,28). The van der Waals surface area contributed by atoms with E-state index in [1.807, 2.05) is 6.07 Å². The third kappa shape index (κ3) is 5.49. The number of carbonyl (C=O) groups excluding carboxylic acids is 3. The highest BCUT2D eigenvalue weighted by atomic mass is 35.5. The second-order valence-corrected chi connectivity index (χ2v) is 7.60. The fourth-order valence-corrected chi connectivity index (χ4v) is 3.82. The predicted octanol–water partition coefficient (Wildman–Crippen LogP) is 3.14. The van der Waals surface area contributed by atoms with E-state index in [0.29, 0.717) is 40.7 Å². The molecule has 1 fully saturated rings. The van der Waals surface area contributed by atoms with Crippen molar-refractivity contribution in [2.75, 3.05) is 19.6 Å². The van der Waals surface area contributed by atoms with E-state index in [1.165, 1.54) is 0 Å². The lowest BCUT2D eigenvalue weighted by Gasteiger charge is -2.24. The Balaban J connectivity index is 1.52. The van der Waals surface area contributed by atoms with Crippen molar-refractivity contribution in [3.63, 3.8) is 0 Å². The van der Waals surface area contributed by atoms with Crippen molar-refractivity contribution >= 4 is 40.9 Å². The maximum Gasteiger partial charge on any atom is 0.254 e. The van der Waals surface area contributed by atoms with Gasteiger partial charge in [-0.1, -0.05) is 41.4 Å². The number of halogens is 2. The van der Waals surface area contributed by atoms with Crippen molar-refractivity contribution < 1.29 is 14.4 Å². The van der Waals surface area contributed by atoms with Crippen LogP contribution >= 0.6 is 23.2 Å². The van der Waals surface area contributed by atoms with Gasteiger partial charge >= 0.3 is 0 Å². The maximum atomic E-state index is 12.8. The Morgan fingerprint density at radius 2 is 1.59 bits per heavy atom. The molecule has 152 valence electrons. The molecule has 0 spiro atoms. The zero-order chi connectivity index (χ0) is 20.8. The van der Waals surface area contributed by atoms with E-state index in [4.69, 9.17) is 23.2 Å². The van der Waals surface area contributed by atoms with E-state index in [-0.39, 0.29) is 24.3 Å². The molecule has 1 heterocycles. The first kappa shape index (κ1) is 21.1. The smallest absolute Gasteiger partial charge is 0.254 e. The molecule has 3 amide bonds. The lowest BCUT2D eigenvalue weighted by molar-refractivity contribution is -0.124. The van der Waals surface area contributed by atoms with Crippen LogP contribution < -0.4 is 10.6 Å². The number of benzene rings is 2. The summed E-state index contributed by atoms with van der Waals surface area (Å²) < 4.78 is 0. The summed E-state index contributed by atoms with van der Waals surface area (Å²) in [6.07, 6.45) is 1.32. The van der Waals surface area contributed by atoms with Crippen LogP contribution in [0.4, 0.5) is 0 Å². The number of hydrogen-bond donors (Lipinski definition) is 2. The maximum absolute atomic E-state index is 12.8. The Kier molecular flexibility index (Phi) is 7.12. The van der Waals surface area contributed by atoms with Crippen molar-refractivity contribution in [3.8, 4) is 0 Å². The van der Waals surface area contributed by atoms with Gasteiger partial charge in [0.25, 0.3) is 11.8 Å². The average molecular weight is 434 g/mol. The van der Waals surface area contributed by atoms with Gasteiger partial charge in [0.1, 0.15) is 6.04 Å². The van der Waals surface area contributed by atoms with Crippen molar-refractivity contribution in [2.24, 2.45) is 0 Å². The molecular formula is C21H21Cl2N3O3. The Morgan fingerprint density at radius 1 is 0.931 bits per heavy atom. The van der Waals surface area contributed by atoms with E-state index in [9.17, 15) is 14.4 Å². The molecule has 2 aromatic rings. The van der Waals surface area contributed by atoms with E-state index < -0.39 is 6.04 Å². The number of carbonyl (C=O) groups is 3. The second-order valence-electron chi connectivity index (χ2n) is 6.73. The summed E-state index contributed by atoms with van der Waals surface area (Å²) in [6, 6.07) is 12.9. The average Bonchev–Trinajstić information content (AvgIpc) is 3.20. The SMILES string of the molecule is O=C(NCCNC(=O)C1CCCN1C(=O)c1cc(Cl)cc(Cl)c1)c1ccccc1. The van der Waals surface area contributed by atoms with Gasteiger partial charge in [-0.05, 0) is 43.2 Å². The molecule has 0 radical (unpaired) electrons. The van der Waals surface area contributed by atoms with Crippen LogP contribution in [0.5, 0.6) is 0 Å². The molecular weight excluding hydrogens is 413 g/mol. The van der Waals surface area contributed by atoms with E-state index in [0.717, 1.165) is 6.42 Å². The van der Waals surface area contributed by atoms with Gasteiger partial charge in [-0.3, -0.25) is 14.4 Å². The van der Waals surface area contributed by atoms with Crippen LogP contribution in [0, 0.1) is 0 Å². The molecule has 1 aliphatic rings. The molecule has 1 unspecified atom stereocenters. The third-order valence-corrected chi connectivity index (χ3v) is 5.11. The van der Waals surface area contributed by atoms with Crippen LogP contribution in [0.3, 0.4) is 0 Å².